The molecule has 0 spiro atoms. The average Bonchev–Trinajstić information content (AvgIpc) is 2.87. The van der Waals surface area contributed by atoms with Crippen molar-refractivity contribution in [3.8, 4) is 0 Å². The molecule has 0 aromatic heterocycles. The number of benzene rings is 3. The molecule has 0 aliphatic heterocycles. The highest BCUT2D eigenvalue weighted by atomic mass is 35.5. The smallest absolute Gasteiger partial charge is 0.264 e. The third-order valence-corrected chi connectivity index (χ3v) is 8.53. The SMILES string of the molecule is Cc1ccc(CN(C(=O)CN(c2cccc(Cl)c2Cl)S(=O)(=O)c2ccccc2)C(C)C(=O)NC(C)(C)C)cc1. The summed E-state index contributed by atoms with van der Waals surface area (Å²) in [5, 5.41) is 3.04. The summed E-state index contributed by atoms with van der Waals surface area (Å²) in [6, 6.07) is 19.0. The molecule has 2 amide bonds. The molecule has 0 aliphatic rings. The van der Waals surface area contributed by atoms with Crippen LogP contribution in [0.15, 0.2) is 77.7 Å². The van der Waals surface area contributed by atoms with E-state index in [2.05, 4.69) is 5.32 Å². The largest absolute Gasteiger partial charge is 0.350 e. The molecule has 1 N–H and O–H groups in total. The molecule has 3 aromatic rings. The first-order valence-corrected chi connectivity index (χ1v) is 14.6. The molecule has 0 fully saturated rings. The Morgan fingerprint density at radius 1 is 0.923 bits per heavy atom. The normalized spacial score (nSPS) is 12.5. The number of nitrogens with one attached hydrogen (secondary N) is 1. The van der Waals surface area contributed by atoms with Crippen LogP contribution in [-0.2, 0) is 26.2 Å². The van der Waals surface area contributed by atoms with Crippen molar-refractivity contribution in [2.24, 2.45) is 0 Å². The standard InChI is InChI=1S/C29H33Cl2N3O4S/c1-20-14-16-22(17-15-20)18-33(21(2)28(36)32-29(3,4)5)26(35)19-34(25-13-9-12-24(30)27(25)31)39(37,38)23-10-7-6-8-11-23/h6-17,21H,18-19H2,1-5H3,(H,32,36). The number of hydrogen-bond acceptors (Lipinski definition) is 4. The monoisotopic (exact) mass is 589 g/mol. The summed E-state index contributed by atoms with van der Waals surface area (Å²) in [5.41, 5.74) is 1.37. The quantitative estimate of drug-likeness (QED) is 0.340. The molecule has 0 bridgehead atoms. The van der Waals surface area contributed by atoms with Crippen molar-refractivity contribution in [2.75, 3.05) is 10.8 Å². The summed E-state index contributed by atoms with van der Waals surface area (Å²) >= 11 is 12.7. The zero-order valence-corrected chi connectivity index (χ0v) is 24.9. The minimum Gasteiger partial charge on any atom is -0.350 e. The number of rotatable bonds is 9. The molecule has 0 saturated heterocycles. The Hall–Kier alpha value is -3.07. The van der Waals surface area contributed by atoms with E-state index in [0.29, 0.717) is 0 Å². The number of amides is 2. The molecule has 0 radical (unpaired) electrons. The Morgan fingerprint density at radius 2 is 1.54 bits per heavy atom. The van der Waals surface area contributed by atoms with E-state index in [4.69, 9.17) is 23.2 Å². The molecule has 7 nitrogen and oxygen atoms in total. The number of carbonyl (C=O) groups excluding carboxylic acids is 2. The van der Waals surface area contributed by atoms with Gasteiger partial charge in [-0.3, -0.25) is 13.9 Å². The predicted octanol–water partition coefficient (Wildman–Crippen LogP) is 5.83. The molecule has 39 heavy (non-hydrogen) atoms. The molecule has 0 saturated carbocycles. The number of aryl methyl sites for hydroxylation is 1. The first-order chi connectivity index (χ1) is 18.2. The van der Waals surface area contributed by atoms with Crippen LogP contribution in [0.3, 0.4) is 0 Å². The summed E-state index contributed by atoms with van der Waals surface area (Å²) in [6.45, 7) is 8.61. The van der Waals surface area contributed by atoms with Gasteiger partial charge in [-0.25, -0.2) is 8.42 Å². The zero-order chi connectivity index (χ0) is 29.0. The van der Waals surface area contributed by atoms with Crippen LogP contribution in [0.25, 0.3) is 0 Å². The fourth-order valence-electron chi connectivity index (χ4n) is 3.86. The molecule has 1 unspecified atom stereocenters. The van der Waals surface area contributed by atoms with Gasteiger partial charge >= 0.3 is 0 Å². The first kappa shape index (κ1) is 30.5. The third-order valence-electron chi connectivity index (χ3n) is 5.95. The van der Waals surface area contributed by atoms with Gasteiger partial charge in [0.15, 0.2) is 0 Å². The number of halogens is 2. The lowest BCUT2D eigenvalue weighted by Crippen LogP contribution is -2.54. The Kier molecular flexibility index (Phi) is 9.69. The molecule has 0 heterocycles. The van der Waals surface area contributed by atoms with Crippen molar-refractivity contribution in [1.82, 2.24) is 10.2 Å². The maximum Gasteiger partial charge on any atom is 0.264 e. The Morgan fingerprint density at radius 3 is 2.13 bits per heavy atom. The van der Waals surface area contributed by atoms with Crippen molar-refractivity contribution in [3.05, 3.63) is 94.0 Å². The number of hydrogen-bond donors (Lipinski definition) is 1. The van der Waals surface area contributed by atoms with E-state index in [0.717, 1.165) is 15.4 Å². The van der Waals surface area contributed by atoms with Crippen LogP contribution >= 0.6 is 23.2 Å². The highest BCUT2D eigenvalue weighted by Crippen LogP contribution is 2.35. The van der Waals surface area contributed by atoms with E-state index in [9.17, 15) is 18.0 Å². The maximum absolute atomic E-state index is 13.9. The van der Waals surface area contributed by atoms with Crippen molar-refractivity contribution < 1.29 is 18.0 Å². The fraction of sp³-hybridized carbons (Fsp3) is 0.310. The number of anilines is 1. The van der Waals surface area contributed by atoms with Crippen LogP contribution in [0, 0.1) is 6.92 Å². The van der Waals surface area contributed by atoms with Gasteiger partial charge in [0.1, 0.15) is 12.6 Å². The summed E-state index contributed by atoms with van der Waals surface area (Å²) in [4.78, 5) is 28.5. The van der Waals surface area contributed by atoms with Crippen molar-refractivity contribution in [3.63, 3.8) is 0 Å². The lowest BCUT2D eigenvalue weighted by atomic mass is 10.1. The summed E-state index contributed by atoms with van der Waals surface area (Å²) in [7, 11) is -4.23. The molecule has 1 atom stereocenters. The Balaban J connectivity index is 2.06. The van der Waals surface area contributed by atoms with Crippen molar-refractivity contribution in [1.29, 1.82) is 0 Å². The van der Waals surface area contributed by atoms with Crippen molar-refractivity contribution in [2.45, 2.75) is 57.6 Å². The highest BCUT2D eigenvalue weighted by Gasteiger charge is 2.34. The Bertz CT molecular complexity index is 1420. The number of carbonyl (C=O) groups is 2. The highest BCUT2D eigenvalue weighted by molar-refractivity contribution is 7.92. The van der Waals surface area contributed by atoms with Crippen LogP contribution < -0.4 is 9.62 Å². The van der Waals surface area contributed by atoms with Crippen LogP contribution in [0.5, 0.6) is 0 Å². The zero-order valence-electron chi connectivity index (χ0n) is 22.6. The van der Waals surface area contributed by atoms with Gasteiger partial charge in [-0.1, -0.05) is 77.3 Å². The second-order valence-electron chi connectivity index (χ2n) is 10.3. The van der Waals surface area contributed by atoms with Gasteiger partial charge in [0.25, 0.3) is 10.0 Å². The van der Waals surface area contributed by atoms with E-state index in [1.807, 2.05) is 52.0 Å². The minimum atomic E-state index is -4.23. The second kappa shape index (κ2) is 12.4. The van der Waals surface area contributed by atoms with Crippen molar-refractivity contribution >= 4 is 50.7 Å². The van der Waals surface area contributed by atoms with E-state index in [1.54, 1.807) is 31.2 Å². The van der Waals surface area contributed by atoms with Gasteiger partial charge in [-0.05, 0) is 64.4 Å². The fourth-order valence-corrected chi connectivity index (χ4v) is 5.76. The van der Waals surface area contributed by atoms with Crippen LogP contribution in [0.1, 0.15) is 38.8 Å². The van der Waals surface area contributed by atoms with Crippen LogP contribution in [0.4, 0.5) is 5.69 Å². The lowest BCUT2D eigenvalue weighted by Gasteiger charge is -2.33. The minimum absolute atomic E-state index is 0.00455. The van der Waals surface area contributed by atoms with Gasteiger partial charge in [0.2, 0.25) is 11.8 Å². The molecule has 3 rings (SSSR count). The molecular weight excluding hydrogens is 557 g/mol. The van der Waals surface area contributed by atoms with Gasteiger partial charge in [-0.2, -0.15) is 0 Å². The first-order valence-electron chi connectivity index (χ1n) is 12.4. The van der Waals surface area contributed by atoms with E-state index in [-0.39, 0.29) is 33.1 Å². The summed E-state index contributed by atoms with van der Waals surface area (Å²) in [5.74, 6) is -0.941. The summed E-state index contributed by atoms with van der Waals surface area (Å²) < 4.78 is 28.6. The van der Waals surface area contributed by atoms with Gasteiger partial charge in [0.05, 0.1) is 20.6 Å². The van der Waals surface area contributed by atoms with E-state index in [1.165, 1.54) is 29.2 Å². The molecule has 208 valence electrons. The Labute approximate surface area is 240 Å². The van der Waals surface area contributed by atoms with Gasteiger partial charge < -0.3 is 10.2 Å². The average molecular weight is 591 g/mol. The third kappa shape index (κ3) is 7.75. The van der Waals surface area contributed by atoms with E-state index < -0.39 is 34.1 Å². The lowest BCUT2D eigenvalue weighted by molar-refractivity contribution is -0.140. The second-order valence-corrected chi connectivity index (χ2v) is 13.0. The van der Waals surface area contributed by atoms with Crippen LogP contribution in [0.2, 0.25) is 10.0 Å². The maximum atomic E-state index is 13.9. The topological polar surface area (TPSA) is 86.8 Å². The van der Waals surface area contributed by atoms with Gasteiger partial charge in [0, 0.05) is 12.1 Å². The number of nitrogens with zero attached hydrogens (tertiary/aromatic N) is 2. The predicted molar refractivity (Wildman–Crippen MR) is 157 cm³/mol. The van der Waals surface area contributed by atoms with E-state index >= 15 is 0 Å². The van der Waals surface area contributed by atoms with Gasteiger partial charge in [-0.15, -0.1) is 0 Å². The molecule has 3 aromatic carbocycles. The summed E-state index contributed by atoms with van der Waals surface area (Å²) in [6.07, 6.45) is 0. The number of sulfonamides is 1. The molecule has 0 aliphatic carbocycles. The molecular formula is C29H33Cl2N3O4S. The van der Waals surface area contributed by atoms with Crippen LogP contribution in [-0.4, -0.2) is 43.3 Å². The molecule has 10 heteroatoms.